The lowest BCUT2D eigenvalue weighted by molar-refractivity contribution is 0.359. The predicted octanol–water partition coefficient (Wildman–Crippen LogP) is 2.18. The number of hydrogen-bond donors (Lipinski definition) is 2. The SMILES string of the molecule is COc1c(O)cc(Cl)c(F)c1C1(CN)CC1. The Balaban J connectivity index is 2.66. The van der Waals surface area contributed by atoms with Gasteiger partial charge in [-0.15, -0.1) is 0 Å². The average Bonchev–Trinajstić information content (AvgIpc) is 3.03. The molecular weight excluding hydrogens is 233 g/mol. The maximum atomic E-state index is 14.0. The lowest BCUT2D eigenvalue weighted by atomic mass is 9.94. The van der Waals surface area contributed by atoms with Crippen LogP contribution in [0.1, 0.15) is 18.4 Å². The average molecular weight is 246 g/mol. The van der Waals surface area contributed by atoms with E-state index in [1.807, 2.05) is 0 Å². The molecule has 0 bridgehead atoms. The summed E-state index contributed by atoms with van der Waals surface area (Å²) in [5.74, 6) is -0.548. The van der Waals surface area contributed by atoms with Crippen LogP contribution in [0.2, 0.25) is 5.02 Å². The molecular formula is C11H13ClFNO2. The van der Waals surface area contributed by atoms with Crippen molar-refractivity contribution in [3.63, 3.8) is 0 Å². The second kappa shape index (κ2) is 3.79. The standard InChI is InChI=1S/C11H13ClFNO2/c1-16-10-7(15)4-6(12)9(13)8(10)11(5-14)2-3-11/h4,15H,2-3,5,14H2,1H3. The van der Waals surface area contributed by atoms with Crippen LogP contribution in [-0.2, 0) is 5.41 Å². The van der Waals surface area contributed by atoms with Crippen molar-refractivity contribution in [1.82, 2.24) is 0 Å². The van der Waals surface area contributed by atoms with E-state index in [1.165, 1.54) is 7.11 Å². The fraction of sp³-hybridized carbons (Fsp3) is 0.455. The Labute approximate surface area is 98.0 Å². The van der Waals surface area contributed by atoms with Crippen LogP contribution in [0.3, 0.4) is 0 Å². The van der Waals surface area contributed by atoms with E-state index in [2.05, 4.69) is 0 Å². The molecule has 1 aromatic carbocycles. The Bertz CT molecular complexity index is 432. The van der Waals surface area contributed by atoms with E-state index < -0.39 is 11.2 Å². The van der Waals surface area contributed by atoms with Gasteiger partial charge in [-0.25, -0.2) is 4.39 Å². The van der Waals surface area contributed by atoms with Gasteiger partial charge >= 0.3 is 0 Å². The summed E-state index contributed by atoms with van der Waals surface area (Å²) in [4.78, 5) is 0. The Kier molecular flexibility index (Phi) is 2.72. The molecule has 0 radical (unpaired) electrons. The molecule has 0 saturated heterocycles. The quantitative estimate of drug-likeness (QED) is 0.858. The van der Waals surface area contributed by atoms with E-state index in [-0.39, 0.29) is 16.5 Å². The number of rotatable bonds is 3. The van der Waals surface area contributed by atoms with Gasteiger partial charge < -0.3 is 15.6 Å². The summed E-state index contributed by atoms with van der Waals surface area (Å²) in [6.45, 7) is 0.320. The molecule has 0 heterocycles. The molecule has 2 rings (SSSR count). The summed E-state index contributed by atoms with van der Waals surface area (Å²) < 4.78 is 19.0. The molecule has 1 aromatic rings. The topological polar surface area (TPSA) is 55.5 Å². The number of methoxy groups -OCH3 is 1. The molecule has 3 nitrogen and oxygen atoms in total. The van der Waals surface area contributed by atoms with Gasteiger partial charge in [0.2, 0.25) is 0 Å². The predicted molar refractivity (Wildman–Crippen MR) is 59.6 cm³/mol. The summed E-state index contributed by atoms with van der Waals surface area (Å²) in [7, 11) is 1.39. The highest BCUT2D eigenvalue weighted by atomic mass is 35.5. The summed E-state index contributed by atoms with van der Waals surface area (Å²) in [5.41, 5.74) is 5.54. The highest BCUT2D eigenvalue weighted by Crippen LogP contribution is 2.54. The molecule has 0 aromatic heterocycles. The third kappa shape index (κ3) is 1.53. The van der Waals surface area contributed by atoms with Crippen LogP contribution in [0.4, 0.5) is 4.39 Å². The summed E-state index contributed by atoms with van der Waals surface area (Å²) in [6.07, 6.45) is 1.58. The zero-order chi connectivity index (χ0) is 11.9. The van der Waals surface area contributed by atoms with Crippen molar-refractivity contribution in [3.8, 4) is 11.5 Å². The van der Waals surface area contributed by atoms with Gasteiger partial charge in [0, 0.05) is 23.6 Å². The zero-order valence-corrected chi connectivity index (χ0v) is 9.64. The zero-order valence-electron chi connectivity index (χ0n) is 8.89. The molecule has 0 spiro atoms. The van der Waals surface area contributed by atoms with Gasteiger partial charge in [0.25, 0.3) is 0 Å². The molecule has 1 aliphatic carbocycles. The molecule has 1 aliphatic rings. The van der Waals surface area contributed by atoms with Gasteiger partial charge in [0.05, 0.1) is 12.1 Å². The number of halogens is 2. The normalized spacial score (nSPS) is 17.2. The Morgan fingerprint density at radius 3 is 2.69 bits per heavy atom. The minimum absolute atomic E-state index is 0.104. The number of aromatic hydroxyl groups is 1. The van der Waals surface area contributed by atoms with E-state index in [0.717, 1.165) is 18.9 Å². The van der Waals surface area contributed by atoms with E-state index in [9.17, 15) is 9.50 Å². The van der Waals surface area contributed by atoms with Crippen molar-refractivity contribution < 1.29 is 14.2 Å². The molecule has 0 aliphatic heterocycles. The fourth-order valence-corrected chi connectivity index (χ4v) is 2.18. The minimum Gasteiger partial charge on any atom is -0.504 e. The monoisotopic (exact) mass is 245 g/mol. The molecule has 16 heavy (non-hydrogen) atoms. The third-order valence-electron chi connectivity index (χ3n) is 3.13. The maximum absolute atomic E-state index is 14.0. The number of hydrogen-bond acceptors (Lipinski definition) is 3. The van der Waals surface area contributed by atoms with Crippen molar-refractivity contribution in [1.29, 1.82) is 0 Å². The largest absolute Gasteiger partial charge is 0.504 e. The van der Waals surface area contributed by atoms with Gasteiger partial charge in [0.15, 0.2) is 11.5 Å². The molecule has 0 unspecified atom stereocenters. The Hall–Kier alpha value is -1.00. The minimum atomic E-state index is -0.542. The lowest BCUT2D eigenvalue weighted by Crippen LogP contribution is -2.22. The second-order valence-electron chi connectivity index (χ2n) is 4.08. The third-order valence-corrected chi connectivity index (χ3v) is 3.41. The smallest absolute Gasteiger partial charge is 0.167 e. The van der Waals surface area contributed by atoms with Gasteiger partial charge in [0.1, 0.15) is 5.82 Å². The van der Waals surface area contributed by atoms with Crippen LogP contribution >= 0.6 is 11.6 Å². The van der Waals surface area contributed by atoms with Crippen molar-refractivity contribution in [2.75, 3.05) is 13.7 Å². The van der Waals surface area contributed by atoms with E-state index in [0.29, 0.717) is 12.1 Å². The molecule has 5 heteroatoms. The molecule has 3 N–H and O–H groups in total. The molecule has 0 atom stereocenters. The van der Waals surface area contributed by atoms with E-state index in [1.54, 1.807) is 0 Å². The van der Waals surface area contributed by atoms with Gasteiger partial charge in [-0.3, -0.25) is 0 Å². The first-order chi connectivity index (χ1) is 7.55. The molecule has 1 fully saturated rings. The Morgan fingerprint density at radius 1 is 1.62 bits per heavy atom. The van der Waals surface area contributed by atoms with Gasteiger partial charge in [-0.05, 0) is 12.8 Å². The van der Waals surface area contributed by atoms with Gasteiger partial charge in [-0.1, -0.05) is 11.6 Å². The van der Waals surface area contributed by atoms with Gasteiger partial charge in [-0.2, -0.15) is 0 Å². The van der Waals surface area contributed by atoms with Crippen LogP contribution in [0.25, 0.3) is 0 Å². The lowest BCUT2D eigenvalue weighted by Gasteiger charge is -2.19. The van der Waals surface area contributed by atoms with Crippen molar-refractivity contribution in [2.45, 2.75) is 18.3 Å². The van der Waals surface area contributed by atoms with Crippen molar-refractivity contribution in [2.24, 2.45) is 5.73 Å². The van der Waals surface area contributed by atoms with Crippen LogP contribution in [0.15, 0.2) is 6.07 Å². The van der Waals surface area contributed by atoms with Crippen molar-refractivity contribution in [3.05, 3.63) is 22.5 Å². The van der Waals surface area contributed by atoms with Crippen molar-refractivity contribution >= 4 is 11.6 Å². The summed E-state index contributed by atoms with van der Waals surface area (Å²) in [5, 5.41) is 9.56. The fourth-order valence-electron chi connectivity index (χ4n) is 1.98. The number of ether oxygens (including phenoxy) is 1. The highest BCUT2D eigenvalue weighted by Gasteiger charge is 2.48. The van der Waals surface area contributed by atoms with Crippen LogP contribution in [-0.4, -0.2) is 18.8 Å². The van der Waals surface area contributed by atoms with E-state index >= 15 is 0 Å². The maximum Gasteiger partial charge on any atom is 0.167 e. The Morgan fingerprint density at radius 2 is 2.25 bits per heavy atom. The number of phenolic OH excluding ortho intramolecular Hbond substituents is 1. The summed E-state index contributed by atoms with van der Waals surface area (Å²) >= 11 is 5.71. The highest BCUT2D eigenvalue weighted by molar-refractivity contribution is 6.31. The first kappa shape index (κ1) is 11.5. The van der Waals surface area contributed by atoms with Crippen LogP contribution < -0.4 is 10.5 Å². The number of nitrogens with two attached hydrogens (primary N) is 1. The number of phenols is 1. The molecule has 0 amide bonds. The summed E-state index contributed by atoms with van der Waals surface area (Å²) in [6, 6.07) is 1.14. The van der Waals surface area contributed by atoms with E-state index in [4.69, 9.17) is 22.1 Å². The number of benzene rings is 1. The first-order valence-corrected chi connectivity index (χ1v) is 5.39. The first-order valence-electron chi connectivity index (χ1n) is 5.01. The van der Waals surface area contributed by atoms with Crippen LogP contribution in [0, 0.1) is 5.82 Å². The molecule has 1 saturated carbocycles. The van der Waals surface area contributed by atoms with Crippen LogP contribution in [0.5, 0.6) is 11.5 Å². The second-order valence-corrected chi connectivity index (χ2v) is 4.49. The molecule has 88 valence electrons.